The monoisotopic (exact) mass is 179 g/mol. The molecule has 0 saturated heterocycles. The van der Waals surface area contributed by atoms with E-state index in [1.165, 1.54) is 0 Å². The molecular formula is C10H17N3. The van der Waals surface area contributed by atoms with E-state index in [4.69, 9.17) is 11.1 Å². The molecule has 72 valence electrons. The van der Waals surface area contributed by atoms with E-state index in [9.17, 15) is 0 Å². The van der Waals surface area contributed by atoms with Gasteiger partial charge in [-0.25, -0.2) is 0 Å². The lowest BCUT2D eigenvalue weighted by atomic mass is 9.82. The molecule has 0 bridgehead atoms. The van der Waals surface area contributed by atoms with Gasteiger partial charge >= 0.3 is 0 Å². The fraction of sp³-hybridized carbons (Fsp3) is 0.600. The van der Waals surface area contributed by atoms with E-state index in [1.807, 2.05) is 6.07 Å². The molecule has 2 atom stereocenters. The Bertz CT molecular complexity index is 235. The Hall–Kier alpha value is -1.30. The van der Waals surface area contributed by atoms with Crippen molar-refractivity contribution in [2.75, 3.05) is 0 Å². The molecule has 0 aromatic carbocycles. The molecule has 0 aliphatic carbocycles. The third kappa shape index (κ3) is 2.90. The van der Waals surface area contributed by atoms with Gasteiger partial charge in [0.1, 0.15) is 11.8 Å². The number of hydrazone groups is 1. The molecular weight excluding hydrogens is 162 g/mol. The highest BCUT2D eigenvalue weighted by Gasteiger charge is 2.22. The molecule has 2 N–H and O–H groups in total. The molecule has 0 rings (SSSR count). The summed E-state index contributed by atoms with van der Waals surface area (Å²) in [4.78, 5) is 0. The van der Waals surface area contributed by atoms with Crippen LogP contribution in [0.4, 0.5) is 0 Å². The molecule has 0 heterocycles. The van der Waals surface area contributed by atoms with Crippen LogP contribution in [0.3, 0.4) is 0 Å². The van der Waals surface area contributed by atoms with Crippen molar-refractivity contribution in [1.82, 2.24) is 0 Å². The van der Waals surface area contributed by atoms with Gasteiger partial charge in [-0.2, -0.15) is 10.4 Å². The molecule has 0 aliphatic heterocycles. The highest BCUT2D eigenvalue weighted by molar-refractivity contribution is 6.01. The first-order valence-electron chi connectivity index (χ1n) is 4.38. The summed E-state index contributed by atoms with van der Waals surface area (Å²) in [6, 6.07) is 1.99. The van der Waals surface area contributed by atoms with E-state index in [2.05, 4.69) is 32.5 Å². The first-order valence-corrected chi connectivity index (χ1v) is 4.38. The second kappa shape index (κ2) is 5.36. The predicted molar refractivity (Wildman–Crippen MR) is 54.9 cm³/mol. The van der Waals surface area contributed by atoms with Crippen molar-refractivity contribution >= 4 is 5.71 Å². The first kappa shape index (κ1) is 11.7. The summed E-state index contributed by atoms with van der Waals surface area (Å²) in [6.45, 7) is 9.97. The number of nitrogens with zero attached hydrogens (tertiary/aromatic N) is 2. The van der Waals surface area contributed by atoms with Crippen LogP contribution in [0.1, 0.15) is 20.8 Å². The van der Waals surface area contributed by atoms with E-state index in [-0.39, 0.29) is 5.92 Å². The van der Waals surface area contributed by atoms with E-state index >= 15 is 0 Å². The number of nitrogens with two attached hydrogens (primary N) is 1. The van der Waals surface area contributed by atoms with Gasteiger partial charge in [0.25, 0.3) is 0 Å². The molecule has 3 heteroatoms. The van der Waals surface area contributed by atoms with E-state index in [0.29, 0.717) is 17.5 Å². The van der Waals surface area contributed by atoms with Crippen molar-refractivity contribution in [2.45, 2.75) is 20.8 Å². The normalized spacial score (nSPS) is 16.4. The highest BCUT2D eigenvalue weighted by atomic mass is 15.1. The van der Waals surface area contributed by atoms with Crippen LogP contribution in [-0.2, 0) is 0 Å². The smallest absolute Gasteiger partial charge is 0.144 e. The van der Waals surface area contributed by atoms with Crippen molar-refractivity contribution in [2.24, 2.45) is 28.7 Å². The van der Waals surface area contributed by atoms with Crippen molar-refractivity contribution in [3.05, 3.63) is 12.7 Å². The van der Waals surface area contributed by atoms with Gasteiger partial charge in [0, 0.05) is 5.92 Å². The summed E-state index contributed by atoms with van der Waals surface area (Å²) in [5.74, 6) is 5.90. The number of hydrogen-bond acceptors (Lipinski definition) is 3. The van der Waals surface area contributed by atoms with Gasteiger partial charge in [-0.1, -0.05) is 26.8 Å². The van der Waals surface area contributed by atoms with Crippen LogP contribution in [0.2, 0.25) is 0 Å². The van der Waals surface area contributed by atoms with Gasteiger partial charge in [0.15, 0.2) is 0 Å². The Labute approximate surface area is 79.9 Å². The Morgan fingerprint density at radius 1 is 1.54 bits per heavy atom. The van der Waals surface area contributed by atoms with Crippen LogP contribution in [0.25, 0.3) is 0 Å². The number of rotatable bonds is 4. The Balaban J connectivity index is 4.71. The van der Waals surface area contributed by atoms with Crippen molar-refractivity contribution in [1.29, 1.82) is 5.26 Å². The summed E-state index contributed by atoms with van der Waals surface area (Å²) in [5, 5.41) is 12.2. The van der Waals surface area contributed by atoms with Crippen LogP contribution in [0, 0.1) is 29.1 Å². The average molecular weight is 179 g/mol. The third-order valence-electron chi connectivity index (χ3n) is 2.44. The molecule has 0 saturated carbocycles. The van der Waals surface area contributed by atoms with E-state index in [1.54, 1.807) is 6.08 Å². The number of allylic oxidation sites excluding steroid dienone is 1. The van der Waals surface area contributed by atoms with Crippen LogP contribution in [-0.4, -0.2) is 5.71 Å². The summed E-state index contributed by atoms with van der Waals surface area (Å²) in [5.41, 5.74) is 0.358. The van der Waals surface area contributed by atoms with Crippen molar-refractivity contribution < 1.29 is 0 Å². The van der Waals surface area contributed by atoms with Crippen molar-refractivity contribution in [3.8, 4) is 6.07 Å². The molecule has 0 amide bonds. The Kier molecular flexibility index (Phi) is 4.83. The SMILES string of the molecule is C=C[C@H](/C(C#N)=N\N)[C@H](C)C(C)C. The maximum absolute atomic E-state index is 8.75. The third-order valence-corrected chi connectivity index (χ3v) is 2.44. The van der Waals surface area contributed by atoms with Crippen LogP contribution in [0.5, 0.6) is 0 Å². The average Bonchev–Trinajstić information content (AvgIpc) is 2.12. The van der Waals surface area contributed by atoms with Crippen LogP contribution >= 0.6 is 0 Å². The van der Waals surface area contributed by atoms with Gasteiger partial charge in [0.05, 0.1) is 0 Å². The van der Waals surface area contributed by atoms with Crippen LogP contribution in [0.15, 0.2) is 17.8 Å². The van der Waals surface area contributed by atoms with Crippen LogP contribution < -0.4 is 5.84 Å². The maximum atomic E-state index is 8.75. The summed E-state index contributed by atoms with van der Waals surface area (Å²) < 4.78 is 0. The summed E-state index contributed by atoms with van der Waals surface area (Å²) >= 11 is 0. The quantitative estimate of drug-likeness (QED) is 0.310. The van der Waals surface area contributed by atoms with Gasteiger partial charge < -0.3 is 5.84 Å². The van der Waals surface area contributed by atoms with Gasteiger partial charge in [-0.15, -0.1) is 6.58 Å². The first-order chi connectivity index (χ1) is 6.08. The fourth-order valence-corrected chi connectivity index (χ4v) is 1.18. The molecule has 0 spiro atoms. The fourth-order valence-electron chi connectivity index (χ4n) is 1.18. The molecule has 0 aliphatic rings. The molecule has 0 unspecified atom stereocenters. The van der Waals surface area contributed by atoms with Crippen molar-refractivity contribution in [3.63, 3.8) is 0 Å². The highest BCUT2D eigenvalue weighted by Crippen LogP contribution is 2.22. The molecule has 13 heavy (non-hydrogen) atoms. The maximum Gasteiger partial charge on any atom is 0.144 e. The summed E-state index contributed by atoms with van der Waals surface area (Å²) in [6.07, 6.45) is 1.74. The van der Waals surface area contributed by atoms with Gasteiger partial charge in [-0.3, -0.25) is 0 Å². The standard InChI is InChI=1S/C10H17N3/c1-5-9(8(4)7(2)3)10(6-11)13-12/h5,7-9H,1,12H2,2-4H3/b13-10-/t8-,9+/m1/s1. The molecule has 3 nitrogen and oxygen atoms in total. The number of hydrogen-bond donors (Lipinski definition) is 1. The molecule has 0 aromatic heterocycles. The Morgan fingerprint density at radius 2 is 2.08 bits per heavy atom. The largest absolute Gasteiger partial charge is 0.322 e. The minimum atomic E-state index is -0.0324. The lowest BCUT2D eigenvalue weighted by Gasteiger charge is -2.22. The second-order valence-electron chi connectivity index (χ2n) is 3.49. The van der Waals surface area contributed by atoms with Gasteiger partial charge in [-0.05, 0) is 11.8 Å². The minimum Gasteiger partial charge on any atom is -0.322 e. The van der Waals surface area contributed by atoms with E-state index in [0.717, 1.165) is 0 Å². The summed E-state index contributed by atoms with van der Waals surface area (Å²) in [7, 11) is 0. The van der Waals surface area contributed by atoms with Gasteiger partial charge in [0.2, 0.25) is 0 Å². The Morgan fingerprint density at radius 3 is 2.31 bits per heavy atom. The minimum absolute atomic E-state index is 0.0324. The zero-order valence-electron chi connectivity index (χ0n) is 8.49. The molecule has 0 radical (unpaired) electrons. The number of nitriles is 1. The zero-order chi connectivity index (χ0) is 10.4. The lowest BCUT2D eigenvalue weighted by Crippen LogP contribution is -2.23. The molecule has 0 fully saturated rings. The predicted octanol–water partition coefficient (Wildman–Crippen LogP) is 1.92. The van der Waals surface area contributed by atoms with E-state index < -0.39 is 0 Å². The second-order valence-corrected chi connectivity index (χ2v) is 3.49. The topological polar surface area (TPSA) is 62.2 Å². The lowest BCUT2D eigenvalue weighted by molar-refractivity contribution is 0.381. The zero-order valence-corrected chi connectivity index (χ0v) is 8.49. The molecule has 0 aromatic rings.